The molecule has 0 atom stereocenters. The molecule has 1 rings (SSSR count). The van der Waals surface area contributed by atoms with Gasteiger partial charge in [0.25, 0.3) is 0 Å². The summed E-state index contributed by atoms with van der Waals surface area (Å²) in [6.07, 6.45) is 1.60. The van der Waals surface area contributed by atoms with Gasteiger partial charge in [0.1, 0.15) is 11.6 Å². The van der Waals surface area contributed by atoms with Crippen LogP contribution in [0, 0.1) is 11.6 Å². The van der Waals surface area contributed by atoms with Gasteiger partial charge in [-0.05, 0) is 39.2 Å². The molecule has 1 aromatic rings. The number of benzene rings is 1. The fourth-order valence-corrected chi connectivity index (χ4v) is 2.92. The predicted octanol–water partition coefficient (Wildman–Crippen LogP) is 1.51. The van der Waals surface area contributed by atoms with Crippen LogP contribution in [-0.4, -0.2) is 63.5 Å². The number of hydrogen-bond donors (Lipinski definition) is 1. The third kappa shape index (κ3) is 7.33. The highest BCUT2D eigenvalue weighted by Crippen LogP contribution is 2.15. The molecular formula is C15H23F2N3O3S. The highest BCUT2D eigenvalue weighted by atomic mass is 32.2. The Hall–Kier alpha value is -1.58. The molecule has 0 aliphatic heterocycles. The van der Waals surface area contributed by atoms with Crippen LogP contribution in [0.4, 0.5) is 14.5 Å². The van der Waals surface area contributed by atoms with Crippen molar-refractivity contribution < 1.29 is 22.0 Å². The Balaban J connectivity index is 2.57. The van der Waals surface area contributed by atoms with Gasteiger partial charge in [0.2, 0.25) is 15.9 Å². The van der Waals surface area contributed by atoms with Gasteiger partial charge < -0.3 is 10.2 Å². The van der Waals surface area contributed by atoms with Crippen LogP contribution in [-0.2, 0) is 14.8 Å². The molecule has 136 valence electrons. The van der Waals surface area contributed by atoms with Gasteiger partial charge >= 0.3 is 0 Å². The van der Waals surface area contributed by atoms with E-state index in [1.54, 1.807) is 0 Å². The second-order valence-electron chi connectivity index (χ2n) is 5.74. The average Bonchev–Trinajstić information content (AvgIpc) is 2.44. The molecule has 0 aliphatic carbocycles. The predicted molar refractivity (Wildman–Crippen MR) is 89.2 cm³/mol. The summed E-state index contributed by atoms with van der Waals surface area (Å²) in [4.78, 5) is 13.8. The van der Waals surface area contributed by atoms with Crippen LogP contribution in [0.3, 0.4) is 0 Å². The Morgan fingerprint density at radius 3 is 2.38 bits per heavy atom. The van der Waals surface area contributed by atoms with Crippen LogP contribution >= 0.6 is 0 Å². The molecule has 0 saturated heterocycles. The molecule has 0 aliphatic rings. The third-order valence-electron chi connectivity index (χ3n) is 3.28. The van der Waals surface area contributed by atoms with Crippen molar-refractivity contribution >= 4 is 21.6 Å². The van der Waals surface area contributed by atoms with Crippen LogP contribution in [0.1, 0.15) is 12.8 Å². The Morgan fingerprint density at radius 1 is 1.17 bits per heavy atom. The highest BCUT2D eigenvalue weighted by molar-refractivity contribution is 7.88. The second-order valence-corrected chi connectivity index (χ2v) is 7.72. The molecule has 0 fully saturated rings. The molecule has 1 N–H and O–H groups in total. The summed E-state index contributed by atoms with van der Waals surface area (Å²) in [7, 11) is 0.335. The van der Waals surface area contributed by atoms with Crippen LogP contribution in [0.5, 0.6) is 0 Å². The van der Waals surface area contributed by atoms with Crippen molar-refractivity contribution in [2.75, 3.05) is 45.3 Å². The maximum atomic E-state index is 13.5. The van der Waals surface area contributed by atoms with Crippen LogP contribution < -0.4 is 5.32 Å². The quantitative estimate of drug-likeness (QED) is 0.722. The number of sulfonamides is 1. The minimum absolute atomic E-state index is 0.000902. The van der Waals surface area contributed by atoms with E-state index in [0.717, 1.165) is 24.9 Å². The van der Waals surface area contributed by atoms with Gasteiger partial charge in [0, 0.05) is 25.6 Å². The van der Waals surface area contributed by atoms with Crippen molar-refractivity contribution in [3.05, 3.63) is 29.8 Å². The SMILES string of the molecule is CN(C)CCCN(CCC(=O)Nc1ccc(F)cc1F)S(C)(=O)=O. The molecule has 1 amide bonds. The minimum Gasteiger partial charge on any atom is -0.324 e. The van der Waals surface area contributed by atoms with Crippen LogP contribution in [0.15, 0.2) is 18.2 Å². The maximum absolute atomic E-state index is 13.5. The number of anilines is 1. The molecule has 0 spiro atoms. The number of carbonyl (C=O) groups is 1. The Bertz CT molecular complexity index is 666. The van der Waals surface area contributed by atoms with E-state index >= 15 is 0 Å². The minimum atomic E-state index is -3.43. The lowest BCUT2D eigenvalue weighted by Crippen LogP contribution is -2.35. The summed E-state index contributed by atoms with van der Waals surface area (Å²) in [5.41, 5.74) is -0.139. The molecule has 0 saturated carbocycles. The van der Waals surface area contributed by atoms with E-state index in [2.05, 4.69) is 5.32 Å². The van der Waals surface area contributed by atoms with E-state index in [1.165, 1.54) is 4.31 Å². The monoisotopic (exact) mass is 363 g/mol. The second kappa shape index (κ2) is 9.05. The van der Waals surface area contributed by atoms with Gasteiger partial charge in [0.05, 0.1) is 11.9 Å². The zero-order valence-corrected chi connectivity index (χ0v) is 14.9. The lowest BCUT2D eigenvalue weighted by atomic mass is 10.3. The fraction of sp³-hybridized carbons (Fsp3) is 0.533. The van der Waals surface area contributed by atoms with E-state index in [0.29, 0.717) is 19.0 Å². The van der Waals surface area contributed by atoms with E-state index in [-0.39, 0.29) is 18.7 Å². The number of nitrogens with one attached hydrogen (secondary N) is 1. The summed E-state index contributed by atoms with van der Waals surface area (Å²) in [5.74, 6) is -2.16. The number of amides is 1. The topological polar surface area (TPSA) is 69.7 Å². The van der Waals surface area contributed by atoms with E-state index in [1.807, 2.05) is 19.0 Å². The molecule has 0 unspecified atom stereocenters. The van der Waals surface area contributed by atoms with Crippen molar-refractivity contribution in [2.24, 2.45) is 0 Å². The molecule has 24 heavy (non-hydrogen) atoms. The van der Waals surface area contributed by atoms with E-state index in [4.69, 9.17) is 0 Å². The zero-order valence-electron chi connectivity index (χ0n) is 14.1. The first-order valence-electron chi connectivity index (χ1n) is 7.44. The smallest absolute Gasteiger partial charge is 0.225 e. The van der Waals surface area contributed by atoms with Gasteiger partial charge in [-0.1, -0.05) is 0 Å². The van der Waals surface area contributed by atoms with Crippen molar-refractivity contribution in [2.45, 2.75) is 12.8 Å². The van der Waals surface area contributed by atoms with Crippen LogP contribution in [0.25, 0.3) is 0 Å². The molecule has 6 nitrogen and oxygen atoms in total. The van der Waals surface area contributed by atoms with Crippen molar-refractivity contribution in [1.82, 2.24) is 9.21 Å². The maximum Gasteiger partial charge on any atom is 0.225 e. The van der Waals surface area contributed by atoms with Crippen molar-refractivity contribution in [1.29, 1.82) is 0 Å². The van der Waals surface area contributed by atoms with Gasteiger partial charge in [-0.2, -0.15) is 0 Å². The first kappa shape index (κ1) is 20.5. The molecular weight excluding hydrogens is 340 g/mol. The lowest BCUT2D eigenvalue weighted by Gasteiger charge is -2.20. The highest BCUT2D eigenvalue weighted by Gasteiger charge is 2.18. The Kier molecular flexibility index (Phi) is 7.71. The molecule has 0 aromatic heterocycles. The molecule has 0 radical (unpaired) electrons. The third-order valence-corrected chi connectivity index (χ3v) is 4.58. The fourth-order valence-electron chi connectivity index (χ4n) is 2.04. The van der Waals surface area contributed by atoms with Gasteiger partial charge in [-0.3, -0.25) is 4.79 Å². The van der Waals surface area contributed by atoms with Crippen molar-refractivity contribution in [3.8, 4) is 0 Å². The number of nitrogens with zero attached hydrogens (tertiary/aromatic N) is 2. The zero-order chi connectivity index (χ0) is 18.3. The lowest BCUT2D eigenvalue weighted by molar-refractivity contribution is -0.116. The van der Waals surface area contributed by atoms with E-state index in [9.17, 15) is 22.0 Å². The summed E-state index contributed by atoms with van der Waals surface area (Å²) < 4.78 is 51.0. The van der Waals surface area contributed by atoms with E-state index < -0.39 is 27.6 Å². The average molecular weight is 363 g/mol. The Labute approximate surface area is 141 Å². The first-order valence-corrected chi connectivity index (χ1v) is 9.29. The largest absolute Gasteiger partial charge is 0.324 e. The molecule has 0 bridgehead atoms. The normalized spacial score (nSPS) is 12.0. The molecule has 1 aromatic carbocycles. The number of carbonyl (C=O) groups excluding carboxylic acids is 1. The molecule has 0 heterocycles. The number of halogens is 2. The summed E-state index contributed by atoms with van der Waals surface area (Å²) in [5, 5.41) is 2.31. The van der Waals surface area contributed by atoms with Gasteiger partial charge in [-0.25, -0.2) is 21.5 Å². The van der Waals surface area contributed by atoms with Crippen LogP contribution in [0.2, 0.25) is 0 Å². The van der Waals surface area contributed by atoms with Gasteiger partial charge in [-0.15, -0.1) is 0 Å². The van der Waals surface area contributed by atoms with Gasteiger partial charge in [0.15, 0.2) is 0 Å². The first-order chi connectivity index (χ1) is 11.1. The number of rotatable bonds is 9. The molecule has 9 heteroatoms. The summed E-state index contributed by atoms with van der Waals surface area (Å²) in [6, 6.07) is 2.82. The summed E-state index contributed by atoms with van der Waals surface area (Å²) in [6.45, 7) is 1.02. The Morgan fingerprint density at radius 2 is 1.83 bits per heavy atom. The van der Waals surface area contributed by atoms with Crippen molar-refractivity contribution in [3.63, 3.8) is 0 Å². The standard InChI is InChI=1S/C15H23F2N3O3S/c1-19(2)8-4-9-20(24(3,22)23)10-7-15(21)18-14-6-5-12(16)11-13(14)17/h5-6,11H,4,7-10H2,1-3H3,(H,18,21). The summed E-state index contributed by atoms with van der Waals surface area (Å²) >= 11 is 0. The number of hydrogen-bond acceptors (Lipinski definition) is 4.